The van der Waals surface area contributed by atoms with Crippen molar-refractivity contribution in [3.63, 3.8) is 0 Å². The smallest absolute Gasteiger partial charge is 0.335 e. The number of carbonyl (C=O) groups excluding carboxylic acids is 1. The van der Waals surface area contributed by atoms with Gasteiger partial charge in [0.1, 0.15) is 5.75 Å². The van der Waals surface area contributed by atoms with Crippen LogP contribution in [-0.4, -0.2) is 36.2 Å². The zero-order valence-electron chi connectivity index (χ0n) is 16.1. The van der Waals surface area contributed by atoms with Crippen molar-refractivity contribution in [2.75, 3.05) is 20.8 Å². The first-order valence-corrected chi connectivity index (χ1v) is 9.85. The van der Waals surface area contributed by atoms with Gasteiger partial charge >= 0.3 is 5.97 Å². The van der Waals surface area contributed by atoms with Gasteiger partial charge in [-0.25, -0.2) is 4.79 Å². The SMILES string of the molecule is COC(=O)C1=CN2CCn3c(cc4cc(OC)ccc43)C2[C@H]2[C@H](C)CC[C@@H]12. The van der Waals surface area contributed by atoms with Gasteiger partial charge in [-0.3, -0.25) is 0 Å². The second kappa shape index (κ2) is 6.04. The average molecular weight is 366 g/mol. The minimum atomic E-state index is -0.159. The molecule has 5 nitrogen and oxygen atoms in total. The van der Waals surface area contributed by atoms with Crippen molar-refractivity contribution in [1.29, 1.82) is 0 Å². The fraction of sp³-hybridized carbons (Fsp3) is 0.500. The quantitative estimate of drug-likeness (QED) is 0.760. The summed E-state index contributed by atoms with van der Waals surface area (Å²) < 4.78 is 13.0. The Balaban J connectivity index is 1.65. The number of aromatic nitrogens is 1. The van der Waals surface area contributed by atoms with Gasteiger partial charge in [-0.15, -0.1) is 0 Å². The Labute approximate surface area is 159 Å². The molecule has 0 spiro atoms. The van der Waals surface area contributed by atoms with Gasteiger partial charge < -0.3 is 18.9 Å². The Morgan fingerprint density at radius 2 is 2.00 bits per heavy atom. The minimum Gasteiger partial charge on any atom is -0.497 e. The summed E-state index contributed by atoms with van der Waals surface area (Å²) in [4.78, 5) is 14.8. The Kier molecular flexibility index (Phi) is 3.74. The van der Waals surface area contributed by atoms with E-state index < -0.39 is 0 Å². The predicted molar refractivity (Wildman–Crippen MR) is 103 cm³/mol. The molecule has 2 aromatic rings. The molecule has 4 atom stereocenters. The molecule has 1 fully saturated rings. The molecule has 0 N–H and O–H groups in total. The molecule has 1 saturated carbocycles. The molecule has 3 heterocycles. The summed E-state index contributed by atoms with van der Waals surface area (Å²) in [6.07, 6.45) is 4.34. The summed E-state index contributed by atoms with van der Waals surface area (Å²) in [5, 5.41) is 1.23. The van der Waals surface area contributed by atoms with Crippen LogP contribution in [0, 0.1) is 17.8 Å². The van der Waals surface area contributed by atoms with E-state index in [1.807, 2.05) is 6.07 Å². The Bertz CT molecular complexity index is 944. The molecular weight excluding hydrogens is 340 g/mol. The van der Waals surface area contributed by atoms with E-state index >= 15 is 0 Å². The molecule has 142 valence electrons. The molecule has 0 amide bonds. The maximum atomic E-state index is 12.4. The van der Waals surface area contributed by atoms with Crippen LogP contribution in [0.2, 0.25) is 0 Å². The van der Waals surface area contributed by atoms with E-state index in [2.05, 4.69) is 40.8 Å². The van der Waals surface area contributed by atoms with E-state index in [1.165, 1.54) is 30.1 Å². The summed E-state index contributed by atoms with van der Waals surface area (Å²) in [6, 6.07) is 8.99. The van der Waals surface area contributed by atoms with E-state index in [1.54, 1.807) is 7.11 Å². The number of ether oxygens (including phenoxy) is 2. The normalized spacial score (nSPS) is 29.0. The topological polar surface area (TPSA) is 43.7 Å². The van der Waals surface area contributed by atoms with Crippen LogP contribution in [-0.2, 0) is 16.1 Å². The monoisotopic (exact) mass is 366 g/mol. The lowest BCUT2D eigenvalue weighted by atomic mass is 9.75. The number of methoxy groups -OCH3 is 2. The highest BCUT2D eigenvalue weighted by Crippen LogP contribution is 2.54. The summed E-state index contributed by atoms with van der Waals surface area (Å²) in [5.74, 6) is 2.08. The molecule has 0 radical (unpaired) electrons. The largest absolute Gasteiger partial charge is 0.497 e. The first-order valence-electron chi connectivity index (χ1n) is 9.85. The van der Waals surface area contributed by atoms with Gasteiger partial charge in [-0.1, -0.05) is 6.92 Å². The van der Waals surface area contributed by atoms with Crippen LogP contribution < -0.4 is 4.74 Å². The molecule has 2 aliphatic heterocycles. The number of hydrogen-bond acceptors (Lipinski definition) is 4. The van der Waals surface area contributed by atoms with Crippen molar-refractivity contribution in [1.82, 2.24) is 9.47 Å². The molecule has 27 heavy (non-hydrogen) atoms. The third kappa shape index (κ3) is 2.33. The number of fused-ring (bicyclic) bond motifs is 7. The van der Waals surface area contributed by atoms with Crippen molar-refractivity contribution in [3.05, 3.63) is 41.7 Å². The van der Waals surface area contributed by atoms with Gasteiger partial charge in [-0.2, -0.15) is 0 Å². The summed E-state index contributed by atoms with van der Waals surface area (Å²) in [7, 11) is 3.20. The highest BCUT2D eigenvalue weighted by atomic mass is 16.5. The van der Waals surface area contributed by atoms with Crippen LogP contribution in [0.3, 0.4) is 0 Å². The Morgan fingerprint density at radius 1 is 1.15 bits per heavy atom. The van der Waals surface area contributed by atoms with E-state index in [0.717, 1.165) is 30.8 Å². The van der Waals surface area contributed by atoms with Crippen molar-refractivity contribution >= 4 is 16.9 Å². The molecule has 5 heteroatoms. The number of carbonyl (C=O) groups is 1. The van der Waals surface area contributed by atoms with Crippen LogP contribution in [0.25, 0.3) is 10.9 Å². The zero-order chi connectivity index (χ0) is 18.7. The van der Waals surface area contributed by atoms with E-state index in [-0.39, 0.29) is 5.97 Å². The van der Waals surface area contributed by atoms with E-state index in [4.69, 9.17) is 9.47 Å². The van der Waals surface area contributed by atoms with Gasteiger partial charge in [0.2, 0.25) is 0 Å². The van der Waals surface area contributed by atoms with Crippen molar-refractivity contribution in [2.24, 2.45) is 17.8 Å². The molecule has 5 rings (SSSR count). The van der Waals surface area contributed by atoms with Gasteiger partial charge in [-0.05, 0) is 54.9 Å². The lowest BCUT2D eigenvalue weighted by Gasteiger charge is -2.47. The fourth-order valence-corrected chi connectivity index (χ4v) is 5.69. The third-order valence-electron chi connectivity index (χ3n) is 6.93. The lowest BCUT2D eigenvalue weighted by molar-refractivity contribution is -0.137. The first-order chi connectivity index (χ1) is 13.1. The molecule has 0 saturated heterocycles. The van der Waals surface area contributed by atoms with Crippen LogP contribution in [0.5, 0.6) is 5.75 Å². The standard InChI is InChI=1S/C22H26N2O3/c1-13-4-6-16-17(22(25)27-3)12-23-8-9-24-18-7-5-15(26-2)10-14(18)11-19(24)21(23)20(13)16/h5,7,10-13,16,20-21H,4,6,8-9H2,1-3H3/t13-,16+,20+,21?/m1/s1. The van der Waals surface area contributed by atoms with Gasteiger partial charge in [0, 0.05) is 35.9 Å². The number of rotatable bonds is 2. The molecule has 0 bridgehead atoms. The maximum Gasteiger partial charge on any atom is 0.335 e. The fourth-order valence-electron chi connectivity index (χ4n) is 5.69. The van der Waals surface area contributed by atoms with E-state index in [9.17, 15) is 4.79 Å². The van der Waals surface area contributed by atoms with Gasteiger partial charge in [0.15, 0.2) is 0 Å². The Morgan fingerprint density at radius 3 is 2.78 bits per heavy atom. The molecule has 1 aromatic heterocycles. The summed E-state index contributed by atoms with van der Waals surface area (Å²) in [5.41, 5.74) is 3.51. The van der Waals surface area contributed by atoms with Gasteiger partial charge in [0.25, 0.3) is 0 Å². The van der Waals surface area contributed by atoms with Crippen LogP contribution in [0.1, 0.15) is 31.5 Å². The van der Waals surface area contributed by atoms with Crippen LogP contribution >= 0.6 is 0 Å². The van der Waals surface area contributed by atoms with Crippen LogP contribution in [0.15, 0.2) is 36.0 Å². The van der Waals surface area contributed by atoms with Crippen molar-refractivity contribution < 1.29 is 14.3 Å². The van der Waals surface area contributed by atoms with Crippen molar-refractivity contribution in [2.45, 2.75) is 32.4 Å². The van der Waals surface area contributed by atoms with Gasteiger partial charge in [0.05, 0.1) is 25.8 Å². The van der Waals surface area contributed by atoms with Crippen molar-refractivity contribution in [3.8, 4) is 5.75 Å². The summed E-state index contributed by atoms with van der Waals surface area (Å²) in [6.45, 7) is 4.19. The first kappa shape index (κ1) is 16.7. The third-order valence-corrected chi connectivity index (χ3v) is 6.93. The Hall–Kier alpha value is -2.43. The molecule has 1 aliphatic carbocycles. The highest BCUT2D eigenvalue weighted by molar-refractivity contribution is 5.89. The lowest BCUT2D eigenvalue weighted by Crippen LogP contribution is -2.45. The minimum absolute atomic E-state index is 0.159. The number of esters is 1. The number of hydrogen-bond donors (Lipinski definition) is 0. The average Bonchev–Trinajstić information content (AvgIpc) is 3.26. The highest BCUT2D eigenvalue weighted by Gasteiger charge is 2.49. The summed E-state index contributed by atoms with van der Waals surface area (Å²) >= 11 is 0. The molecule has 1 unspecified atom stereocenters. The molecular formula is C22H26N2O3. The molecule has 1 aromatic carbocycles. The number of benzene rings is 1. The molecule has 3 aliphatic rings. The van der Waals surface area contributed by atoms with Crippen LogP contribution in [0.4, 0.5) is 0 Å². The number of nitrogens with zero attached hydrogens (tertiary/aromatic N) is 2. The second-order valence-corrected chi connectivity index (χ2v) is 8.14. The predicted octanol–water partition coefficient (Wildman–Crippen LogP) is 3.74. The maximum absolute atomic E-state index is 12.4. The second-order valence-electron chi connectivity index (χ2n) is 8.14. The zero-order valence-corrected chi connectivity index (χ0v) is 16.1. The van der Waals surface area contributed by atoms with E-state index in [0.29, 0.717) is 23.8 Å².